The Bertz CT molecular complexity index is 703. The van der Waals surface area contributed by atoms with Crippen molar-refractivity contribution in [2.75, 3.05) is 5.73 Å². The van der Waals surface area contributed by atoms with Crippen molar-refractivity contribution in [3.63, 3.8) is 0 Å². The summed E-state index contributed by atoms with van der Waals surface area (Å²) >= 11 is 0. The first-order valence-corrected chi connectivity index (χ1v) is 5.59. The van der Waals surface area contributed by atoms with Crippen LogP contribution in [0.1, 0.15) is 17.1 Å². The first-order valence-electron chi connectivity index (χ1n) is 5.59. The molecule has 0 aliphatic rings. The first-order chi connectivity index (χ1) is 8.72. The molecular weight excluding hydrogens is 228 g/mol. The number of hydrogen-bond donors (Lipinski definition) is 2. The minimum atomic E-state index is 0.417. The third-order valence-corrected chi connectivity index (χ3v) is 2.67. The van der Waals surface area contributed by atoms with Crippen LogP contribution in [0.5, 0.6) is 0 Å². The fourth-order valence-corrected chi connectivity index (χ4v) is 1.84. The van der Waals surface area contributed by atoms with Gasteiger partial charge in [-0.05, 0) is 24.6 Å². The Morgan fingerprint density at radius 2 is 2.17 bits per heavy atom. The molecule has 0 aromatic carbocycles. The van der Waals surface area contributed by atoms with E-state index in [2.05, 4.69) is 24.9 Å². The summed E-state index contributed by atoms with van der Waals surface area (Å²) in [4.78, 5) is 19.9. The molecule has 0 atom stereocenters. The highest BCUT2D eigenvalue weighted by molar-refractivity contribution is 5.80. The van der Waals surface area contributed by atoms with Gasteiger partial charge in [0, 0.05) is 11.9 Å². The maximum Gasteiger partial charge on any atom is 0.183 e. The zero-order valence-electron chi connectivity index (χ0n) is 9.88. The molecular formula is C12H12N6. The molecule has 3 aromatic heterocycles. The highest BCUT2D eigenvalue weighted by Crippen LogP contribution is 2.14. The van der Waals surface area contributed by atoms with Gasteiger partial charge in [-0.15, -0.1) is 0 Å². The van der Waals surface area contributed by atoms with Gasteiger partial charge in [-0.25, -0.2) is 15.0 Å². The maximum absolute atomic E-state index is 5.84. The summed E-state index contributed by atoms with van der Waals surface area (Å²) in [6.45, 7) is 2.03. The number of H-pyrrole nitrogens is 1. The molecule has 6 nitrogen and oxygen atoms in total. The summed E-state index contributed by atoms with van der Waals surface area (Å²) in [5.74, 6) is 1.05. The molecule has 18 heavy (non-hydrogen) atoms. The number of nitrogen functional groups attached to an aromatic ring is 1. The number of rotatable bonds is 2. The fourth-order valence-electron chi connectivity index (χ4n) is 1.84. The molecule has 3 N–H and O–H groups in total. The molecule has 0 saturated heterocycles. The molecule has 0 amide bonds. The van der Waals surface area contributed by atoms with Crippen LogP contribution in [0, 0.1) is 6.92 Å². The van der Waals surface area contributed by atoms with Crippen molar-refractivity contribution < 1.29 is 0 Å². The second-order valence-corrected chi connectivity index (χ2v) is 4.13. The van der Waals surface area contributed by atoms with E-state index in [4.69, 9.17) is 5.73 Å². The lowest BCUT2D eigenvalue weighted by atomic mass is 10.2. The summed E-state index contributed by atoms with van der Waals surface area (Å²) < 4.78 is 0. The molecule has 0 saturated carbocycles. The number of nitrogens with two attached hydrogens (primary N) is 1. The first kappa shape index (κ1) is 10.6. The SMILES string of the molecule is Cc1ccnc(Cc2nc(N)c3[nH]cnc3n2)c1. The molecule has 3 rings (SSSR count). The lowest BCUT2D eigenvalue weighted by molar-refractivity contribution is 0.950. The summed E-state index contributed by atoms with van der Waals surface area (Å²) in [5.41, 5.74) is 9.19. The predicted octanol–water partition coefficient (Wildman–Crippen LogP) is 1.23. The number of pyridine rings is 1. The molecule has 0 unspecified atom stereocenters. The lowest BCUT2D eigenvalue weighted by Gasteiger charge is -2.02. The quantitative estimate of drug-likeness (QED) is 0.702. The van der Waals surface area contributed by atoms with Crippen LogP contribution in [0.15, 0.2) is 24.7 Å². The molecule has 0 fully saturated rings. The highest BCUT2D eigenvalue weighted by atomic mass is 15.0. The molecule has 0 aliphatic carbocycles. The topological polar surface area (TPSA) is 93.4 Å². The van der Waals surface area contributed by atoms with E-state index in [9.17, 15) is 0 Å². The lowest BCUT2D eigenvalue weighted by Crippen LogP contribution is -2.03. The van der Waals surface area contributed by atoms with Crippen LogP contribution < -0.4 is 5.73 Å². The Balaban J connectivity index is 1.99. The van der Waals surface area contributed by atoms with Gasteiger partial charge in [-0.1, -0.05) is 0 Å². The van der Waals surface area contributed by atoms with Crippen LogP contribution in [0.3, 0.4) is 0 Å². The van der Waals surface area contributed by atoms with E-state index in [1.165, 1.54) is 0 Å². The molecule has 6 heteroatoms. The molecule has 3 heterocycles. The number of aromatic nitrogens is 5. The smallest absolute Gasteiger partial charge is 0.183 e. The molecule has 0 bridgehead atoms. The minimum Gasteiger partial charge on any atom is -0.382 e. The second-order valence-electron chi connectivity index (χ2n) is 4.13. The van der Waals surface area contributed by atoms with Crippen molar-refractivity contribution in [1.29, 1.82) is 0 Å². The number of nitrogens with one attached hydrogen (secondary N) is 1. The molecule has 0 radical (unpaired) electrons. The van der Waals surface area contributed by atoms with E-state index in [0.717, 1.165) is 11.3 Å². The van der Waals surface area contributed by atoms with Crippen LogP contribution in [0.25, 0.3) is 11.2 Å². The highest BCUT2D eigenvalue weighted by Gasteiger charge is 2.08. The van der Waals surface area contributed by atoms with Crippen LogP contribution in [-0.2, 0) is 6.42 Å². The third-order valence-electron chi connectivity index (χ3n) is 2.67. The zero-order valence-corrected chi connectivity index (χ0v) is 9.88. The average molecular weight is 240 g/mol. The van der Waals surface area contributed by atoms with Gasteiger partial charge < -0.3 is 10.7 Å². The van der Waals surface area contributed by atoms with Crippen LogP contribution in [-0.4, -0.2) is 24.9 Å². The normalized spacial score (nSPS) is 10.9. The number of aryl methyl sites for hydroxylation is 1. The number of fused-ring (bicyclic) bond motifs is 1. The van der Waals surface area contributed by atoms with E-state index < -0.39 is 0 Å². The van der Waals surface area contributed by atoms with Crippen molar-refractivity contribution in [3.05, 3.63) is 41.7 Å². The monoisotopic (exact) mass is 240 g/mol. The Morgan fingerprint density at radius 1 is 1.28 bits per heavy atom. The second kappa shape index (κ2) is 4.06. The number of anilines is 1. The summed E-state index contributed by atoms with van der Waals surface area (Å²) in [6, 6.07) is 3.96. The van der Waals surface area contributed by atoms with Gasteiger partial charge in [0.05, 0.1) is 12.7 Å². The number of hydrogen-bond acceptors (Lipinski definition) is 5. The van der Waals surface area contributed by atoms with Gasteiger partial charge in [0.15, 0.2) is 11.5 Å². The van der Waals surface area contributed by atoms with Crippen LogP contribution in [0.4, 0.5) is 5.82 Å². The van der Waals surface area contributed by atoms with Gasteiger partial charge in [0.2, 0.25) is 0 Å². The third kappa shape index (κ3) is 1.88. The number of nitrogens with zero attached hydrogens (tertiary/aromatic N) is 4. The van der Waals surface area contributed by atoms with Gasteiger partial charge in [0.25, 0.3) is 0 Å². The van der Waals surface area contributed by atoms with E-state index in [1.54, 1.807) is 12.5 Å². The van der Waals surface area contributed by atoms with Crippen LogP contribution in [0.2, 0.25) is 0 Å². The Hall–Kier alpha value is -2.50. The molecule has 0 aliphatic heterocycles. The Labute approximate surface area is 103 Å². The summed E-state index contributed by atoms with van der Waals surface area (Å²) in [7, 11) is 0. The summed E-state index contributed by atoms with van der Waals surface area (Å²) in [5, 5.41) is 0. The van der Waals surface area contributed by atoms with Gasteiger partial charge in [-0.3, -0.25) is 4.98 Å². The van der Waals surface area contributed by atoms with Crippen molar-refractivity contribution in [2.24, 2.45) is 0 Å². The van der Waals surface area contributed by atoms with Crippen molar-refractivity contribution in [3.8, 4) is 0 Å². The number of aromatic amines is 1. The van der Waals surface area contributed by atoms with E-state index >= 15 is 0 Å². The van der Waals surface area contributed by atoms with Gasteiger partial charge in [0.1, 0.15) is 11.3 Å². The van der Waals surface area contributed by atoms with E-state index in [1.807, 2.05) is 19.1 Å². The van der Waals surface area contributed by atoms with Crippen molar-refractivity contribution in [2.45, 2.75) is 13.3 Å². The minimum absolute atomic E-state index is 0.417. The number of imidazole rings is 1. The average Bonchev–Trinajstić information content (AvgIpc) is 2.77. The molecule has 90 valence electrons. The molecule has 3 aromatic rings. The molecule has 0 spiro atoms. The Kier molecular flexibility index (Phi) is 2.40. The van der Waals surface area contributed by atoms with Gasteiger partial charge >= 0.3 is 0 Å². The summed E-state index contributed by atoms with van der Waals surface area (Å²) in [6.07, 6.45) is 3.89. The van der Waals surface area contributed by atoms with Gasteiger partial charge in [-0.2, -0.15) is 0 Å². The standard InChI is InChI=1S/C12H12N6/c1-7-2-3-14-8(4-7)5-9-17-11(13)10-12(18-9)16-6-15-10/h2-4,6H,5H2,1H3,(H3,13,15,16,17,18). The van der Waals surface area contributed by atoms with E-state index in [-0.39, 0.29) is 0 Å². The zero-order chi connectivity index (χ0) is 12.5. The maximum atomic E-state index is 5.84. The van der Waals surface area contributed by atoms with E-state index in [0.29, 0.717) is 29.2 Å². The predicted molar refractivity (Wildman–Crippen MR) is 67.9 cm³/mol. The van der Waals surface area contributed by atoms with Crippen molar-refractivity contribution >= 4 is 17.0 Å². The Morgan fingerprint density at radius 3 is 3.00 bits per heavy atom. The van der Waals surface area contributed by atoms with Crippen molar-refractivity contribution in [1.82, 2.24) is 24.9 Å². The fraction of sp³-hybridized carbons (Fsp3) is 0.167. The van der Waals surface area contributed by atoms with Crippen LogP contribution >= 0.6 is 0 Å². The largest absolute Gasteiger partial charge is 0.382 e.